The van der Waals surface area contributed by atoms with Crippen molar-refractivity contribution in [3.05, 3.63) is 29.8 Å². The first-order valence-electron chi connectivity index (χ1n) is 9.32. The molecule has 146 valence electrons. The number of nitrogens with one attached hydrogen (secondary N) is 2. The molecule has 1 aliphatic heterocycles. The Labute approximate surface area is 154 Å². The summed E-state index contributed by atoms with van der Waals surface area (Å²) in [6, 6.07) is 6.79. The van der Waals surface area contributed by atoms with Crippen LogP contribution in [0.15, 0.2) is 29.3 Å². The largest absolute Gasteiger partial charge is 0.434 e. The van der Waals surface area contributed by atoms with Crippen LogP contribution in [0.3, 0.4) is 0 Å². The monoisotopic (exact) mass is 368 g/mol. The number of alkyl halides is 2. The van der Waals surface area contributed by atoms with E-state index in [4.69, 9.17) is 0 Å². The third kappa shape index (κ3) is 6.78. The van der Waals surface area contributed by atoms with Gasteiger partial charge < -0.3 is 20.3 Å². The molecule has 26 heavy (non-hydrogen) atoms. The Hall–Kier alpha value is -1.89. The zero-order valence-corrected chi connectivity index (χ0v) is 15.7. The van der Waals surface area contributed by atoms with E-state index >= 15 is 0 Å². The Bertz CT molecular complexity index is 560. The quantitative estimate of drug-likeness (QED) is 0.547. The number of para-hydroxylation sites is 1. The van der Waals surface area contributed by atoms with Crippen LogP contribution in [0, 0.1) is 5.92 Å². The molecule has 0 radical (unpaired) electrons. The van der Waals surface area contributed by atoms with Gasteiger partial charge in [-0.1, -0.05) is 25.1 Å². The molecule has 1 fully saturated rings. The van der Waals surface area contributed by atoms with E-state index in [-0.39, 0.29) is 5.75 Å². The van der Waals surface area contributed by atoms with Crippen LogP contribution >= 0.6 is 0 Å². The number of rotatable bonds is 8. The van der Waals surface area contributed by atoms with Crippen LogP contribution in [0.4, 0.5) is 8.78 Å². The van der Waals surface area contributed by atoms with Crippen molar-refractivity contribution in [3.8, 4) is 5.75 Å². The SMILES string of the molecule is CCN1CCC(CCNC(=NC)NCc2ccccc2OC(F)F)CC1. The topological polar surface area (TPSA) is 48.9 Å². The summed E-state index contributed by atoms with van der Waals surface area (Å²) >= 11 is 0. The molecule has 0 aromatic heterocycles. The summed E-state index contributed by atoms with van der Waals surface area (Å²) in [6.07, 6.45) is 3.61. The lowest BCUT2D eigenvalue weighted by Gasteiger charge is -2.31. The highest BCUT2D eigenvalue weighted by atomic mass is 19.3. The number of ether oxygens (including phenoxy) is 1. The lowest BCUT2D eigenvalue weighted by molar-refractivity contribution is -0.0504. The fraction of sp³-hybridized carbons (Fsp3) is 0.632. The van der Waals surface area contributed by atoms with Crippen molar-refractivity contribution in [1.82, 2.24) is 15.5 Å². The van der Waals surface area contributed by atoms with Gasteiger partial charge in [0.1, 0.15) is 5.75 Å². The van der Waals surface area contributed by atoms with Crippen LogP contribution in [0.5, 0.6) is 5.75 Å². The number of aliphatic imine (C=N–C) groups is 1. The fourth-order valence-electron chi connectivity index (χ4n) is 3.25. The Morgan fingerprint density at radius 1 is 1.27 bits per heavy atom. The van der Waals surface area contributed by atoms with E-state index in [2.05, 4.69) is 32.2 Å². The van der Waals surface area contributed by atoms with Crippen molar-refractivity contribution in [2.24, 2.45) is 10.9 Å². The molecule has 5 nitrogen and oxygen atoms in total. The average molecular weight is 368 g/mol. The third-order valence-electron chi connectivity index (χ3n) is 4.86. The first-order valence-corrected chi connectivity index (χ1v) is 9.32. The van der Waals surface area contributed by atoms with Gasteiger partial charge in [-0.15, -0.1) is 0 Å². The van der Waals surface area contributed by atoms with Gasteiger partial charge in [0.2, 0.25) is 0 Å². The smallest absolute Gasteiger partial charge is 0.387 e. The molecule has 1 aliphatic rings. The molecule has 1 heterocycles. The van der Waals surface area contributed by atoms with E-state index in [9.17, 15) is 8.78 Å². The number of hydrogen-bond donors (Lipinski definition) is 2. The van der Waals surface area contributed by atoms with Gasteiger partial charge in [-0.25, -0.2) is 0 Å². The molecule has 0 aliphatic carbocycles. The molecule has 2 rings (SSSR count). The van der Waals surface area contributed by atoms with E-state index < -0.39 is 6.61 Å². The Balaban J connectivity index is 1.73. The second kappa shape index (κ2) is 11.0. The lowest BCUT2D eigenvalue weighted by Crippen LogP contribution is -2.39. The van der Waals surface area contributed by atoms with Crippen molar-refractivity contribution < 1.29 is 13.5 Å². The van der Waals surface area contributed by atoms with Crippen molar-refractivity contribution in [2.45, 2.75) is 39.3 Å². The van der Waals surface area contributed by atoms with Gasteiger partial charge in [-0.05, 0) is 50.9 Å². The van der Waals surface area contributed by atoms with Crippen LogP contribution < -0.4 is 15.4 Å². The second-order valence-corrected chi connectivity index (χ2v) is 6.51. The molecule has 2 N–H and O–H groups in total. The number of likely N-dealkylation sites (tertiary alicyclic amines) is 1. The number of piperidine rings is 1. The van der Waals surface area contributed by atoms with E-state index in [1.54, 1.807) is 31.3 Å². The van der Waals surface area contributed by atoms with E-state index in [1.165, 1.54) is 25.9 Å². The number of halogens is 2. The Morgan fingerprint density at radius 3 is 2.65 bits per heavy atom. The summed E-state index contributed by atoms with van der Waals surface area (Å²) in [4.78, 5) is 6.69. The first-order chi connectivity index (χ1) is 12.6. The summed E-state index contributed by atoms with van der Waals surface area (Å²) in [7, 11) is 1.70. The zero-order chi connectivity index (χ0) is 18.8. The van der Waals surface area contributed by atoms with Crippen molar-refractivity contribution in [2.75, 3.05) is 33.2 Å². The summed E-state index contributed by atoms with van der Waals surface area (Å²) < 4.78 is 29.5. The normalized spacial score (nSPS) is 16.7. The standard InChI is InChI=1S/C19H30F2N4O/c1-3-25-12-9-15(10-13-25)8-11-23-19(22-2)24-14-16-6-4-5-7-17(16)26-18(20)21/h4-7,15,18H,3,8-14H2,1-2H3,(H2,22,23,24). The van der Waals surface area contributed by atoms with Crippen LogP contribution in [0.2, 0.25) is 0 Å². The minimum atomic E-state index is -2.83. The van der Waals surface area contributed by atoms with Crippen LogP contribution in [-0.4, -0.2) is 50.7 Å². The molecule has 7 heteroatoms. The van der Waals surface area contributed by atoms with E-state index in [0.29, 0.717) is 18.1 Å². The van der Waals surface area contributed by atoms with Gasteiger partial charge in [-0.2, -0.15) is 8.78 Å². The van der Waals surface area contributed by atoms with Gasteiger partial charge in [0.25, 0.3) is 0 Å². The van der Waals surface area contributed by atoms with Crippen LogP contribution in [-0.2, 0) is 6.54 Å². The van der Waals surface area contributed by atoms with E-state index in [1.807, 2.05) is 0 Å². The maximum atomic E-state index is 12.5. The van der Waals surface area contributed by atoms with Crippen molar-refractivity contribution in [1.29, 1.82) is 0 Å². The van der Waals surface area contributed by atoms with Crippen LogP contribution in [0.1, 0.15) is 31.7 Å². The summed E-state index contributed by atoms with van der Waals surface area (Å²) in [5.41, 5.74) is 0.669. The second-order valence-electron chi connectivity index (χ2n) is 6.51. The predicted molar refractivity (Wildman–Crippen MR) is 101 cm³/mol. The van der Waals surface area contributed by atoms with Crippen LogP contribution in [0.25, 0.3) is 0 Å². The minimum absolute atomic E-state index is 0.188. The molecule has 1 aromatic carbocycles. The summed E-state index contributed by atoms with van der Waals surface area (Å²) in [6.45, 7) is 4.13. The van der Waals surface area contributed by atoms with Gasteiger partial charge in [0.05, 0.1) is 0 Å². The maximum absolute atomic E-state index is 12.5. The van der Waals surface area contributed by atoms with Gasteiger partial charge in [-0.3, -0.25) is 4.99 Å². The number of hydrogen-bond acceptors (Lipinski definition) is 3. The van der Waals surface area contributed by atoms with Gasteiger partial charge in [0.15, 0.2) is 5.96 Å². The average Bonchev–Trinajstić information content (AvgIpc) is 2.65. The Morgan fingerprint density at radius 2 is 2.00 bits per heavy atom. The molecule has 0 atom stereocenters. The molecule has 0 saturated carbocycles. The molecule has 0 bridgehead atoms. The maximum Gasteiger partial charge on any atom is 0.387 e. The highest BCUT2D eigenvalue weighted by molar-refractivity contribution is 5.79. The highest BCUT2D eigenvalue weighted by Crippen LogP contribution is 2.20. The molecule has 0 amide bonds. The minimum Gasteiger partial charge on any atom is -0.434 e. The van der Waals surface area contributed by atoms with Gasteiger partial charge >= 0.3 is 6.61 Å². The molecule has 1 aromatic rings. The Kier molecular flexibility index (Phi) is 8.61. The van der Waals surface area contributed by atoms with Crippen molar-refractivity contribution >= 4 is 5.96 Å². The third-order valence-corrected chi connectivity index (χ3v) is 4.86. The summed E-state index contributed by atoms with van der Waals surface area (Å²) in [5.74, 6) is 1.61. The predicted octanol–water partition coefficient (Wildman–Crippen LogP) is 3.08. The van der Waals surface area contributed by atoms with Crippen molar-refractivity contribution in [3.63, 3.8) is 0 Å². The van der Waals surface area contributed by atoms with Gasteiger partial charge in [0, 0.05) is 25.7 Å². The first kappa shape index (κ1) is 20.4. The molecular formula is C19H30F2N4O. The van der Waals surface area contributed by atoms with E-state index in [0.717, 1.165) is 25.4 Å². The molecule has 1 saturated heterocycles. The molecule has 0 unspecified atom stereocenters. The number of nitrogens with zero attached hydrogens (tertiary/aromatic N) is 2. The lowest BCUT2D eigenvalue weighted by atomic mass is 9.93. The molecule has 0 spiro atoms. The highest BCUT2D eigenvalue weighted by Gasteiger charge is 2.17. The zero-order valence-electron chi connectivity index (χ0n) is 15.7. The summed E-state index contributed by atoms with van der Waals surface area (Å²) in [5, 5.41) is 6.47. The number of benzene rings is 1. The number of guanidine groups is 1. The molecular weight excluding hydrogens is 338 g/mol. The fourth-order valence-corrected chi connectivity index (χ4v) is 3.25.